The zero-order chi connectivity index (χ0) is 22.3. The molecule has 0 fully saturated rings. The minimum Gasteiger partial charge on any atom is -0.548 e. The predicted octanol–water partition coefficient (Wildman–Crippen LogP) is 1.74. The molecule has 0 aliphatic rings. The molecule has 1 atom stereocenters. The van der Waals surface area contributed by atoms with Gasteiger partial charge in [0.1, 0.15) is 5.54 Å². The molecular formula is C25H23N2O4-. The Morgan fingerprint density at radius 2 is 1.16 bits per heavy atom. The highest BCUT2D eigenvalue weighted by Gasteiger charge is 2.38. The molecule has 0 radical (unpaired) electrons. The third-order valence-corrected chi connectivity index (χ3v) is 5.00. The SMILES string of the molecule is CC(=O)N[C@@H](CC(=O)NC(c1ccccc1)(c1ccccc1)c1ccccc1)C(=O)[O-]. The van der Waals surface area contributed by atoms with Crippen LogP contribution in [-0.2, 0) is 19.9 Å². The molecular weight excluding hydrogens is 392 g/mol. The normalized spacial score (nSPS) is 11.9. The van der Waals surface area contributed by atoms with Crippen LogP contribution in [0.15, 0.2) is 91.0 Å². The molecule has 2 amide bonds. The number of carboxylic acid groups (broad SMARTS) is 1. The molecule has 0 saturated carbocycles. The summed E-state index contributed by atoms with van der Waals surface area (Å²) in [4.78, 5) is 35.9. The maximum Gasteiger partial charge on any atom is 0.223 e. The van der Waals surface area contributed by atoms with Crippen molar-refractivity contribution in [2.75, 3.05) is 0 Å². The highest BCUT2D eigenvalue weighted by Crippen LogP contribution is 2.36. The fourth-order valence-corrected chi connectivity index (χ4v) is 3.67. The van der Waals surface area contributed by atoms with Crippen LogP contribution < -0.4 is 15.7 Å². The van der Waals surface area contributed by atoms with Crippen molar-refractivity contribution in [1.29, 1.82) is 0 Å². The minimum atomic E-state index is -1.52. The van der Waals surface area contributed by atoms with E-state index < -0.39 is 35.8 Å². The van der Waals surface area contributed by atoms with Gasteiger partial charge in [0, 0.05) is 6.92 Å². The van der Waals surface area contributed by atoms with Crippen molar-refractivity contribution < 1.29 is 19.5 Å². The van der Waals surface area contributed by atoms with Crippen molar-refractivity contribution >= 4 is 17.8 Å². The van der Waals surface area contributed by atoms with E-state index in [0.29, 0.717) is 0 Å². The molecule has 158 valence electrons. The third-order valence-electron chi connectivity index (χ3n) is 5.00. The van der Waals surface area contributed by atoms with Crippen LogP contribution in [0.25, 0.3) is 0 Å². The Kier molecular flexibility index (Phi) is 6.82. The zero-order valence-corrected chi connectivity index (χ0v) is 17.1. The van der Waals surface area contributed by atoms with Gasteiger partial charge in [-0.2, -0.15) is 0 Å². The van der Waals surface area contributed by atoms with E-state index in [9.17, 15) is 19.5 Å². The quantitative estimate of drug-likeness (QED) is 0.548. The van der Waals surface area contributed by atoms with Crippen LogP contribution in [0, 0.1) is 0 Å². The van der Waals surface area contributed by atoms with E-state index in [1.807, 2.05) is 91.0 Å². The Morgan fingerprint density at radius 1 is 0.774 bits per heavy atom. The molecule has 0 spiro atoms. The van der Waals surface area contributed by atoms with E-state index in [1.54, 1.807) is 0 Å². The summed E-state index contributed by atoms with van der Waals surface area (Å²) in [7, 11) is 0. The number of amides is 2. The maximum atomic E-state index is 13.1. The van der Waals surface area contributed by atoms with Gasteiger partial charge in [-0.25, -0.2) is 0 Å². The van der Waals surface area contributed by atoms with E-state index in [0.717, 1.165) is 16.7 Å². The van der Waals surface area contributed by atoms with Crippen molar-refractivity contribution in [2.45, 2.75) is 24.9 Å². The molecule has 0 aromatic heterocycles. The molecule has 0 saturated heterocycles. The van der Waals surface area contributed by atoms with Crippen molar-refractivity contribution in [2.24, 2.45) is 0 Å². The average molecular weight is 415 g/mol. The summed E-state index contributed by atoms with van der Waals surface area (Å²) >= 11 is 0. The first kappa shape index (κ1) is 21.8. The van der Waals surface area contributed by atoms with E-state index in [-0.39, 0.29) is 0 Å². The lowest BCUT2D eigenvalue weighted by atomic mass is 9.77. The van der Waals surface area contributed by atoms with Gasteiger partial charge >= 0.3 is 0 Å². The first-order valence-corrected chi connectivity index (χ1v) is 9.89. The van der Waals surface area contributed by atoms with Crippen LogP contribution >= 0.6 is 0 Å². The lowest BCUT2D eigenvalue weighted by Crippen LogP contribution is -2.53. The zero-order valence-electron chi connectivity index (χ0n) is 17.1. The van der Waals surface area contributed by atoms with Crippen LogP contribution in [0.5, 0.6) is 0 Å². The fourth-order valence-electron chi connectivity index (χ4n) is 3.67. The Hall–Kier alpha value is -3.93. The Balaban J connectivity index is 2.11. The predicted molar refractivity (Wildman–Crippen MR) is 115 cm³/mol. The number of benzene rings is 3. The molecule has 0 bridgehead atoms. The molecule has 31 heavy (non-hydrogen) atoms. The number of carbonyl (C=O) groups excluding carboxylic acids is 3. The molecule has 3 aromatic carbocycles. The molecule has 0 unspecified atom stereocenters. The molecule has 2 N–H and O–H groups in total. The highest BCUT2D eigenvalue weighted by atomic mass is 16.4. The van der Waals surface area contributed by atoms with Crippen molar-refractivity contribution in [3.8, 4) is 0 Å². The highest BCUT2D eigenvalue weighted by molar-refractivity contribution is 5.88. The molecule has 0 heterocycles. The van der Waals surface area contributed by atoms with Gasteiger partial charge in [-0.1, -0.05) is 91.0 Å². The van der Waals surface area contributed by atoms with Gasteiger partial charge < -0.3 is 20.5 Å². The van der Waals surface area contributed by atoms with Gasteiger partial charge in [0.25, 0.3) is 0 Å². The van der Waals surface area contributed by atoms with E-state index in [4.69, 9.17) is 0 Å². The summed E-state index contributed by atoms with van der Waals surface area (Å²) in [6.45, 7) is 1.19. The molecule has 3 rings (SSSR count). The number of carbonyl (C=O) groups is 3. The monoisotopic (exact) mass is 415 g/mol. The Labute approximate surface area is 180 Å². The number of hydrogen-bond acceptors (Lipinski definition) is 4. The third kappa shape index (κ3) is 4.98. The summed E-state index contributed by atoms with van der Waals surface area (Å²) in [5, 5.41) is 16.8. The fraction of sp³-hybridized carbons (Fsp3) is 0.160. The van der Waals surface area contributed by atoms with E-state index >= 15 is 0 Å². The molecule has 6 heteroatoms. The summed E-state index contributed by atoms with van der Waals surface area (Å²) in [6.07, 6.45) is -0.462. The molecule has 0 aliphatic heterocycles. The van der Waals surface area contributed by atoms with Crippen molar-refractivity contribution in [3.05, 3.63) is 108 Å². The van der Waals surface area contributed by atoms with Crippen LogP contribution in [0.3, 0.4) is 0 Å². The lowest BCUT2D eigenvalue weighted by molar-refractivity contribution is -0.308. The summed E-state index contributed by atoms with van der Waals surface area (Å²) in [6, 6.07) is 26.9. The van der Waals surface area contributed by atoms with E-state index in [1.165, 1.54) is 6.92 Å². The van der Waals surface area contributed by atoms with Gasteiger partial charge in [0.05, 0.1) is 18.4 Å². The lowest BCUT2D eigenvalue weighted by Gasteiger charge is -2.37. The van der Waals surface area contributed by atoms with E-state index in [2.05, 4.69) is 10.6 Å². The van der Waals surface area contributed by atoms with Gasteiger partial charge in [-0.3, -0.25) is 9.59 Å². The van der Waals surface area contributed by atoms with Gasteiger partial charge in [-0.15, -0.1) is 0 Å². The topological polar surface area (TPSA) is 98.3 Å². The second-order valence-electron chi connectivity index (χ2n) is 7.17. The first-order valence-electron chi connectivity index (χ1n) is 9.89. The number of nitrogens with one attached hydrogen (secondary N) is 2. The number of aliphatic carboxylic acids is 1. The maximum absolute atomic E-state index is 13.1. The second kappa shape index (κ2) is 9.71. The van der Waals surface area contributed by atoms with Crippen LogP contribution in [0.4, 0.5) is 0 Å². The number of hydrogen-bond donors (Lipinski definition) is 2. The van der Waals surface area contributed by atoms with Crippen LogP contribution in [0.2, 0.25) is 0 Å². The van der Waals surface area contributed by atoms with Crippen molar-refractivity contribution in [3.63, 3.8) is 0 Å². The molecule has 3 aromatic rings. The first-order chi connectivity index (χ1) is 14.9. The second-order valence-corrected chi connectivity index (χ2v) is 7.17. The van der Waals surface area contributed by atoms with Gasteiger partial charge in [0.2, 0.25) is 11.8 Å². The van der Waals surface area contributed by atoms with Crippen LogP contribution in [0.1, 0.15) is 30.0 Å². The van der Waals surface area contributed by atoms with Gasteiger partial charge in [0.15, 0.2) is 0 Å². The Morgan fingerprint density at radius 3 is 1.48 bits per heavy atom. The smallest absolute Gasteiger partial charge is 0.223 e. The summed E-state index contributed by atoms with van der Waals surface area (Å²) < 4.78 is 0. The largest absolute Gasteiger partial charge is 0.548 e. The molecule has 0 aliphatic carbocycles. The number of carboxylic acids is 1. The Bertz CT molecular complexity index is 940. The number of rotatable bonds is 8. The molecule has 6 nitrogen and oxygen atoms in total. The average Bonchev–Trinajstić information content (AvgIpc) is 2.78. The minimum absolute atomic E-state index is 0.462. The summed E-state index contributed by atoms with van der Waals surface area (Å²) in [5.41, 5.74) is 1.37. The summed E-state index contributed by atoms with van der Waals surface area (Å²) in [5.74, 6) is -2.61. The van der Waals surface area contributed by atoms with Crippen LogP contribution in [-0.4, -0.2) is 23.8 Å². The van der Waals surface area contributed by atoms with Crippen molar-refractivity contribution in [1.82, 2.24) is 10.6 Å². The van der Waals surface area contributed by atoms with Gasteiger partial charge in [-0.05, 0) is 16.7 Å². The standard InChI is InChI=1S/C25H24N2O4/c1-18(28)26-22(24(30)31)17-23(29)27-25(19-11-5-2-6-12-19,20-13-7-3-8-14-20)21-15-9-4-10-16-21/h2-16,22H,17H2,1H3,(H,26,28)(H,27,29)(H,30,31)/p-1/t22-/m0/s1.